The summed E-state index contributed by atoms with van der Waals surface area (Å²) in [5.74, 6) is -0.332. The fourth-order valence-electron chi connectivity index (χ4n) is 2.71. The molecule has 0 saturated carbocycles. The van der Waals surface area contributed by atoms with Gasteiger partial charge in [0, 0.05) is 33.7 Å². The van der Waals surface area contributed by atoms with Crippen LogP contribution in [0, 0.1) is 3.57 Å². The molecule has 0 saturated heterocycles. The molecule has 1 N–H and O–H groups in total. The highest BCUT2D eigenvalue weighted by atomic mass is 127. The molecule has 1 amide bonds. The predicted octanol–water partition coefficient (Wildman–Crippen LogP) is 5.09. The molecular weight excluding hydrogens is 533 g/mol. The number of carbonyl (C=O) groups is 1. The Bertz CT molecular complexity index is 1110. The van der Waals surface area contributed by atoms with E-state index in [1.54, 1.807) is 7.05 Å². The van der Waals surface area contributed by atoms with Crippen LogP contribution in [0.2, 0.25) is 0 Å². The Hall–Kier alpha value is -1.82. The van der Waals surface area contributed by atoms with E-state index in [4.69, 9.17) is 0 Å². The van der Waals surface area contributed by atoms with Gasteiger partial charge in [0.2, 0.25) is 10.0 Å². The van der Waals surface area contributed by atoms with Crippen LogP contribution in [0.1, 0.15) is 30.1 Å². The summed E-state index contributed by atoms with van der Waals surface area (Å²) in [6.45, 7) is 2.48. The van der Waals surface area contributed by atoms with Crippen LogP contribution in [0.3, 0.4) is 0 Å². The number of anilines is 1. The Balaban J connectivity index is 1.69. The lowest BCUT2D eigenvalue weighted by Crippen LogP contribution is -2.28. The second kappa shape index (κ2) is 9.99. The second-order valence-electron chi connectivity index (χ2n) is 6.70. The Morgan fingerprint density at radius 2 is 1.80 bits per heavy atom. The fourth-order valence-corrected chi connectivity index (χ4v) is 5.00. The van der Waals surface area contributed by atoms with Gasteiger partial charge in [-0.1, -0.05) is 25.5 Å². The van der Waals surface area contributed by atoms with E-state index >= 15 is 0 Å². The number of aromatic nitrogens is 1. The topological polar surface area (TPSA) is 79.4 Å². The normalized spacial score (nSPS) is 11.6. The predicted molar refractivity (Wildman–Crippen MR) is 129 cm³/mol. The standard InChI is InChI=1S/C21H22IN3O3S2/c1-3-4-13-25(2)30(27,28)18-11-7-16(8-12-18)20(26)24-21-23-19(14-29-21)15-5-9-17(22)10-6-15/h5-12,14H,3-4,13H2,1-2H3,(H,23,24,26). The zero-order valence-electron chi connectivity index (χ0n) is 16.6. The number of thiazole rings is 1. The van der Waals surface area contributed by atoms with Crippen molar-refractivity contribution in [3.05, 3.63) is 63.0 Å². The number of unbranched alkanes of at least 4 members (excludes halogenated alkanes) is 1. The molecule has 30 heavy (non-hydrogen) atoms. The smallest absolute Gasteiger partial charge is 0.257 e. The van der Waals surface area contributed by atoms with Crippen LogP contribution in [0.4, 0.5) is 5.13 Å². The molecule has 158 valence electrons. The lowest BCUT2D eigenvalue weighted by Gasteiger charge is -2.16. The first-order valence-electron chi connectivity index (χ1n) is 9.40. The number of rotatable bonds is 8. The number of hydrogen-bond acceptors (Lipinski definition) is 5. The van der Waals surface area contributed by atoms with Crippen molar-refractivity contribution >= 4 is 55.0 Å². The van der Waals surface area contributed by atoms with Crippen LogP contribution >= 0.6 is 33.9 Å². The van der Waals surface area contributed by atoms with Gasteiger partial charge in [0.25, 0.3) is 5.91 Å². The molecular formula is C21H22IN3O3S2. The number of amides is 1. The summed E-state index contributed by atoms with van der Waals surface area (Å²) in [5, 5.41) is 5.15. The van der Waals surface area contributed by atoms with Crippen molar-refractivity contribution in [2.75, 3.05) is 18.9 Å². The van der Waals surface area contributed by atoms with E-state index < -0.39 is 10.0 Å². The molecule has 0 aliphatic heterocycles. The summed E-state index contributed by atoms with van der Waals surface area (Å²) in [4.78, 5) is 17.2. The van der Waals surface area contributed by atoms with E-state index in [0.29, 0.717) is 17.2 Å². The SMILES string of the molecule is CCCCN(C)S(=O)(=O)c1ccc(C(=O)Nc2nc(-c3ccc(I)cc3)cs2)cc1. The first kappa shape index (κ1) is 22.9. The Morgan fingerprint density at radius 1 is 1.13 bits per heavy atom. The van der Waals surface area contributed by atoms with Gasteiger partial charge in [0.05, 0.1) is 10.6 Å². The molecule has 9 heteroatoms. The maximum Gasteiger partial charge on any atom is 0.257 e. The molecule has 0 fully saturated rings. The molecule has 0 bridgehead atoms. The molecule has 3 aromatic rings. The first-order chi connectivity index (χ1) is 14.3. The number of benzene rings is 2. The molecule has 3 rings (SSSR count). The van der Waals surface area contributed by atoms with Crippen LogP contribution in [-0.4, -0.2) is 37.2 Å². The Morgan fingerprint density at radius 3 is 2.43 bits per heavy atom. The summed E-state index contributed by atoms with van der Waals surface area (Å²) in [7, 11) is -1.98. The van der Waals surface area contributed by atoms with Crippen LogP contribution < -0.4 is 5.32 Å². The zero-order valence-corrected chi connectivity index (χ0v) is 20.4. The highest BCUT2D eigenvalue weighted by Gasteiger charge is 2.20. The van der Waals surface area contributed by atoms with E-state index in [1.165, 1.54) is 39.9 Å². The van der Waals surface area contributed by atoms with Gasteiger partial charge in [-0.3, -0.25) is 10.1 Å². The van der Waals surface area contributed by atoms with Gasteiger partial charge in [-0.05, 0) is 65.4 Å². The summed E-state index contributed by atoms with van der Waals surface area (Å²) in [6, 6.07) is 13.9. The van der Waals surface area contributed by atoms with Crippen molar-refractivity contribution < 1.29 is 13.2 Å². The van der Waals surface area contributed by atoms with Crippen molar-refractivity contribution in [2.45, 2.75) is 24.7 Å². The first-order valence-corrected chi connectivity index (χ1v) is 12.8. The van der Waals surface area contributed by atoms with Gasteiger partial charge >= 0.3 is 0 Å². The molecule has 0 aliphatic rings. The van der Waals surface area contributed by atoms with Gasteiger partial charge in [0.1, 0.15) is 0 Å². The highest BCUT2D eigenvalue weighted by Crippen LogP contribution is 2.26. The number of nitrogens with zero attached hydrogens (tertiary/aromatic N) is 2. The number of sulfonamides is 1. The van der Waals surface area contributed by atoms with Gasteiger partial charge in [-0.15, -0.1) is 11.3 Å². The van der Waals surface area contributed by atoms with Crippen molar-refractivity contribution in [2.24, 2.45) is 0 Å². The van der Waals surface area contributed by atoms with Crippen LogP contribution in [0.5, 0.6) is 0 Å². The van der Waals surface area contributed by atoms with Crippen molar-refractivity contribution in [3.63, 3.8) is 0 Å². The van der Waals surface area contributed by atoms with E-state index in [9.17, 15) is 13.2 Å². The molecule has 1 heterocycles. The highest BCUT2D eigenvalue weighted by molar-refractivity contribution is 14.1. The third-order valence-corrected chi connectivity index (χ3v) is 7.86. The number of nitrogens with one attached hydrogen (secondary N) is 1. The van der Waals surface area contributed by atoms with Gasteiger partial charge in [-0.2, -0.15) is 0 Å². The third kappa shape index (κ3) is 5.45. The van der Waals surface area contributed by atoms with E-state index in [0.717, 1.165) is 27.7 Å². The number of carbonyl (C=O) groups excluding carboxylic acids is 1. The summed E-state index contributed by atoms with van der Waals surface area (Å²) >= 11 is 3.59. The van der Waals surface area contributed by atoms with E-state index in [-0.39, 0.29) is 10.8 Å². The number of hydrogen-bond donors (Lipinski definition) is 1. The molecule has 0 spiro atoms. The quantitative estimate of drug-likeness (QED) is 0.393. The van der Waals surface area contributed by atoms with Crippen molar-refractivity contribution in [3.8, 4) is 11.3 Å². The summed E-state index contributed by atoms with van der Waals surface area (Å²) in [5.41, 5.74) is 2.15. The maximum absolute atomic E-state index is 12.6. The Labute approximate surface area is 194 Å². The van der Waals surface area contributed by atoms with Crippen LogP contribution in [0.15, 0.2) is 58.8 Å². The molecule has 0 aliphatic carbocycles. The second-order valence-corrected chi connectivity index (χ2v) is 10.9. The van der Waals surface area contributed by atoms with Crippen molar-refractivity contribution in [1.29, 1.82) is 0 Å². The fraction of sp³-hybridized carbons (Fsp3) is 0.238. The monoisotopic (exact) mass is 555 g/mol. The molecule has 0 radical (unpaired) electrons. The molecule has 0 unspecified atom stereocenters. The third-order valence-electron chi connectivity index (χ3n) is 4.52. The largest absolute Gasteiger partial charge is 0.298 e. The lowest BCUT2D eigenvalue weighted by molar-refractivity contribution is 0.102. The van der Waals surface area contributed by atoms with Crippen LogP contribution in [-0.2, 0) is 10.0 Å². The molecule has 2 aromatic carbocycles. The minimum atomic E-state index is -3.55. The Kier molecular flexibility index (Phi) is 7.61. The molecule has 6 nitrogen and oxygen atoms in total. The zero-order chi connectivity index (χ0) is 21.7. The lowest BCUT2D eigenvalue weighted by atomic mass is 10.2. The van der Waals surface area contributed by atoms with Gasteiger partial charge < -0.3 is 0 Å². The maximum atomic E-state index is 12.6. The van der Waals surface area contributed by atoms with Gasteiger partial charge in [-0.25, -0.2) is 17.7 Å². The van der Waals surface area contributed by atoms with Gasteiger partial charge in [0.15, 0.2) is 5.13 Å². The van der Waals surface area contributed by atoms with E-state index in [2.05, 4.69) is 32.9 Å². The molecule has 1 aromatic heterocycles. The summed E-state index contributed by atoms with van der Waals surface area (Å²) < 4.78 is 27.7. The summed E-state index contributed by atoms with van der Waals surface area (Å²) in [6.07, 6.45) is 1.72. The van der Waals surface area contributed by atoms with Crippen LogP contribution in [0.25, 0.3) is 11.3 Å². The average Bonchev–Trinajstić information content (AvgIpc) is 3.20. The minimum Gasteiger partial charge on any atom is -0.298 e. The van der Waals surface area contributed by atoms with E-state index in [1.807, 2.05) is 36.6 Å². The average molecular weight is 555 g/mol. The molecule has 0 atom stereocenters. The minimum absolute atomic E-state index is 0.174. The van der Waals surface area contributed by atoms with Crippen molar-refractivity contribution in [1.82, 2.24) is 9.29 Å². The number of halogens is 1.